The van der Waals surface area contributed by atoms with Crippen LogP contribution in [0.1, 0.15) is 31.2 Å². The topological polar surface area (TPSA) is 128 Å². The first kappa shape index (κ1) is 18.2. The van der Waals surface area contributed by atoms with Crippen molar-refractivity contribution in [1.29, 1.82) is 5.26 Å². The zero-order valence-electron chi connectivity index (χ0n) is 14.8. The maximum absolute atomic E-state index is 11.5. The first-order valence-corrected chi connectivity index (χ1v) is 9.34. The maximum Gasteiger partial charge on any atom is 0.308 e. The monoisotopic (exact) mass is 396 g/mol. The van der Waals surface area contributed by atoms with Crippen molar-refractivity contribution in [3.8, 4) is 17.3 Å². The van der Waals surface area contributed by atoms with Crippen LogP contribution in [0.5, 0.6) is 0 Å². The second-order valence-corrected chi connectivity index (χ2v) is 7.24. The lowest BCUT2D eigenvalue weighted by Gasteiger charge is -2.29. The molecule has 2 unspecified atom stereocenters. The van der Waals surface area contributed by atoms with E-state index in [2.05, 4.69) is 31.3 Å². The lowest BCUT2D eigenvalue weighted by Crippen LogP contribution is -2.37. The molecule has 3 N–H and O–H groups in total. The Kier molecular flexibility index (Phi) is 4.84. The molecule has 4 rings (SSSR count). The number of aromatic amines is 1. The second kappa shape index (κ2) is 7.44. The van der Waals surface area contributed by atoms with E-state index in [9.17, 15) is 15.2 Å². The van der Waals surface area contributed by atoms with Gasteiger partial charge >= 0.3 is 5.97 Å². The molecule has 28 heavy (non-hydrogen) atoms. The van der Waals surface area contributed by atoms with E-state index in [4.69, 9.17) is 11.6 Å². The fourth-order valence-electron chi connectivity index (χ4n) is 3.68. The van der Waals surface area contributed by atoms with E-state index in [0.29, 0.717) is 39.9 Å². The molecular formula is C19H17ClN6O2. The first-order chi connectivity index (χ1) is 13.6. The van der Waals surface area contributed by atoms with Gasteiger partial charge in [0.1, 0.15) is 11.7 Å². The largest absolute Gasteiger partial charge is 0.481 e. The highest BCUT2D eigenvalue weighted by Gasteiger charge is 2.31. The van der Waals surface area contributed by atoms with E-state index in [1.165, 1.54) is 12.4 Å². The van der Waals surface area contributed by atoms with Crippen LogP contribution in [0.2, 0.25) is 5.02 Å². The minimum absolute atomic E-state index is 0.244. The van der Waals surface area contributed by atoms with Crippen LogP contribution in [-0.4, -0.2) is 37.1 Å². The van der Waals surface area contributed by atoms with Crippen molar-refractivity contribution >= 4 is 34.6 Å². The molecule has 1 aliphatic carbocycles. The van der Waals surface area contributed by atoms with Gasteiger partial charge in [0.25, 0.3) is 0 Å². The Morgan fingerprint density at radius 3 is 2.93 bits per heavy atom. The fraction of sp³-hybridized carbons (Fsp3) is 0.316. The van der Waals surface area contributed by atoms with Crippen LogP contribution in [-0.2, 0) is 4.79 Å². The molecule has 0 aromatic carbocycles. The van der Waals surface area contributed by atoms with Gasteiger partial charge in [0.2, 0.25) is 5.95 Å². The summed E-state index contributed by atoms with van der Waals surface area (Å²) >= 11 is 6.07. The zero-order valence-corrected chi connectivity index (χ0v) is 15.6. The normalized spacial score (nSPS) is 19.3. The predicted octanol–water partition coefficient (Wildman–Crippen LogP) is 3.60. The number of fused-ring (bicyclic) bond motifs is 1. The van der Waals surface area contributed by atoms with Crippen molar-refractivity contribution in [2.75, 3.05) is 5.32 Å². The highest BCUT2D eigenvalue weighted by Crippen LogP contribution is 2.32. The summed E-state index contributed by atoms with van der Waals surface area (Å²) in [6.45, 7) is 0. The molecule has 1 aliphatic rings. The molecule has 9 heteroatoms. The number of aromatic nitrogens is 4. The third-order valence-electron chi connectivity index (χ3n) is 5.06. The summed E-state index contributed by atoms with van der Waals surface area (Å²) in [5.74, 6) is -0.993. The Morgan fingerprint density at radius 1 is 1.32 bits per heavy atom. The minimum atomic E-state index is -0.816. The van der Waals surface area contributed by atoms with Gasteiger partial charge in [-0.15, -0.1) is 0 Å². The molecule has 0 bridgehead atoms. The number of carboxylic acid groups (broad SMARTS) is 1. The highest BCUT2D eigenvalue weighted by molar-refractivity contribution is 6.31. The van der Waals surface area contributed by atoms with Gasteiger partial charge in [0, 0.05) is 29.4 Å². The summed E-state index contributed by atoms with van der Waals surface area (Å²) in [6.07, 6.45) is 7.93. The van der Waals surface area contributed by atoms with E-state index in [1.807, 2.05) is 0 Å². The summed E-state index contributed by atoms with van der Waals surface area (Å²) in [5.41, 5.74) is 2.07. The molecule has 0 radical (unpaired) electrons. The SMILES string of the molecule is N#Cc1cnc(NC2CCCCC2C(=O)O)nc1-c1c[nH]c2ncc(Cl)cc12. The summed E-state index contributed by atoms with van der Waals surface area (Å²) in [4.78, 5) is 27.6. The Morgan fingerprint density at radius 2 is 2.14 bits per heavy atom. The summed E-state index contributed by atoms with van der Waals surface area (Å²) in [6, 6.07) is 3.62. The standard InChI is InChI=1S/C19H17ClN6O2/c20-11-5-13-14(9-23-17(13)22-8-11)16-10(6-21)7-24-19(26-16)25-15-4-2-1-3-12(15)18(27)28/h5,7-9,12,15H,1-4H2,(H,22,23)(H,27,28)(H,24,25,26). The minimum Gasteiger partial charge on any atom is -0.481 e. The number of aliphatic carboxylic acids is 1. The van der Waals surface area contributed by atoms with Crippen molar-refractivity contribution in [1.82, 2.24) is 19.9 Å². The van der Waals surface area contributed by atoms with Gasteiger partial charge in [-0.3, -0.25) is 4.79 Å². The van der Waals surface area contributed by atoms with Crippen molar-refractivity contribution in [3.63, 3.8) is 0 Å². The second-order valence-electron chi connectivity index (χ2n) is 6.80. The average Bonchev–Trinajstić information content (AvgIpc) is 3.11. The molecule has 0 amide bonds. The van der Waals surface area contributed by atoms with Gasteiger partial charge in [-0.25, -0.2) is 15.0 Å². The molecule has 3 aromatic heterocycles. The van der Waals surface area contributed by atoms with E-state index in [-0.39, 0.29) is 6.04 Å². The van der Waals surface area contributed by atoms with Crippen LogP contribution >= 0.6 is 11.6 Å². The third kappa shape index (κ3) is 3.37. The highest BCUT2D eigenvalue weighted by atomic mass is 35.5. The fourth-order valence-corrected chi connectivity index (χ4v) is 3.84. The molecule has 1 fully saturated rings. The summed E-state index contributed by atoms with van der Waals surface area (Å²) < 4.78 is 0. The average molecular weight is 397 g/mol. The Labute approximate surface area is 165 Å². The number of halogens is 1. The molecule has 0 spiro atoms. The number of H-pyrrole nitrogens is 1. The molecular weight excluding hydrogens is 380 g/mol. The molecule has 2 atom stereocenters. The Balaban J connectivity index is 1.73. The van der Waals surface area contributed by atoms with Gasteiger partial charge in [0.05, 0.1) is 28.4 Å². The molecule has 0 saturated heterocycles. The molecule has 0 aliphatic heterocycles. The van der Waals surface area contributed by atoms with Crippen LogP contribution in [0.15, 0.2) is 24.7 Å². The number of hydrogen-bond donors (Lipinski definition) is 3. The van der Waals surface area contributed by atoms with Gasteiger partial charge < -0.3 is 15.4 Å². The number of carboxylic acids is 1. The smallest absolute Gasteiger partial charge is 0.308 e. The van der Waals surface area contributed by atoms with Crippen LogP contribution in [0.3, 0.4) is 0 Å². The number of anilines is 1. The lowest BCUT2D eigenvalue weighted by atomic mass is 9.84. The van der Waals surface area contributed by atoms with Gasteiger partial charge in [0.15, 0.2) is 0 Å². The number of pyridine rings is 1. The maximum atomic E-state index is 11.5. The quantitative estimate of drug-likeness (QED) is 0.614. The number of nitrogens with zero attached hydrogens (tertiary/aromatic N) is 4. The van der Waals surface area contributed by atoms with E-state index >= 15 is 0 Å². The summed E-state index contributed by atoms with van der Waals surface area (Å²) in [7, 11) is 0. The Hall–Kier alpha value is -3.18. The third-order valence-corrected chi connectivity index (χ3v) is 5.27. The van der Waals surface area contributed by atoms with Gasteiger partial charge in [-0.05, 0) is 18.9 Å². The molecule has 8 nitrogen and oxygen atoms in total. The predicted molar refractivity (Wildman–Crippen MR) is 104 cm³/mol. The van der Waals surface area contributed by atoms with Crippen LogP contribution < -0.4 is 5.32 Å². The van der Waals surface area contributed by atoms with E-state index in [0.717, 1.165) is 24.6 Å². The van der Waals surface area contributed by atoms with Crippen molar-refractivity contribution < 1.29 is 9.90 Å². The lowest BCUT2D eigenvalue weighted by molar-refractivity contribution is -0.143. The first-order valence-electron chi connectivity index (χ1n) is 8.96. The van der Waals surface area contributed by atoms with Crippen molar-refractivity contribution in [2.24, 2.45) is 5.92 Å². The molecule has 3 aromatic rings. The molecule has 142 valence electrons. The Bertz CT molecular complexity index is 1090. The van der Waals surface area contributed by atoms with Crippen LogP contribution in [0.25, 0.3) is 22.3 Å². The molecule has 3 heterocycles. The number of nitrogens with one attached hydrogen (secondary N) is 2. The van der Waals surface area contributed by atoms with Gasteiger partial charge in [-0.2, -0.15) is 5.26 Å². The van der Waals surface area contributed by atoms with Crippen LogP contribution in [0, 0.1) is 17.2 Å². The van der Waals surface area contributed by atoms with Crippen molar-refractivity contribution in [3.05, 3.63) is 35.2 Å². The van der Waals surface area contributed by atoms with Crippen LogP contribution in [0.4, 0.5) is 5.95 Å². The van der Waals surface area contributed by atoms with Gasteiger partial charge in [-0.1, -0.05) is 24.4 Å². The zero-order chi connectivity index (χ0) is 19.7. The van der Waals surface area contributed by atoms with Crippen molar-refractivity contribution in [2.45, 2.75) is 31.7 Å². The number of hydrogen-bond acceptors (Lipinski definition) is 6. The van der Waals surface area contributed by atoms with E-state index < -0.39 is 11.9 Å². The number of rotatable bonds is 4. The molecule has 1 saturated carbocycles. The number of carbonyl (C=O) groups is 1. The summed E-state index contributed by atoms with van der Waals surface area (Å²) in [5, 5.41) is 23.3. The van der Waals surface area contributed by atoms with E-state index in [1.54, 1.807) is 12.3 Å². The number of nitriles is 1.